The van der Waals surface area contributed by atoms with Gasteiger partial charge in [0, 0.05) is 22.5 Å². The molecule has 4 rings (SSSR count). The van der Waals surface area contributed by atoms with Crippen LogP contribution in [0, 0.1) is 0 Å². The van der Waals surface area contributed by atoms with Gasteiger partial charge in [-0.25, -0.2) is 4.79 Å². The van der Waals surface area contributed by atoms with Crippen LogP contribution in [-0.4, -0.2) is 29.9 Å². The molecule has 150 valence electrons. The van der Waals surface area contributed by atoms with Crippen LogP contribution in [0.3, 0.4) is 0 Å². The van der Waals surface area contributed by atoms with Crippen LogP contribution in [0.4, 0.5) is 9.80 Å². The molecule has 0 saturated carbocycles. The number of hydrogen-bond acceptors (Lipinski definition) is 5. The highest BCUT2D eigenvalue weighted by Crippen LogP contribution is 2.43. The van der Waals surface area contributed by atoms with E-state index >= 15 is 0 Å². The average molecular weight is 427 g/mol. The fourth-order valence-electron chi connectivity index (χ4n) is 3.62. The molecule has 6 nitrogen and oxygen atoms in total. The van der Waals surface area contributed by atoms with Crippen molar-refractivity contribution in [2.75, 3.05) is 18.4 Å². The number of rotatable bonds is 6. The van der Waals surface area contributed by atoms with Crippen LogP contribution in [0.2, 0.25) is 0 Å². The van der Waals surface area contributed by atoms with Gasteiger partial charge in [0.05, 0.1) is 4.88 Å². The first kappa shape index (κ1) is 19.6. The molecule has 0 unspecified atom stereocenters. The van der Waals surface area contributed by atoms with Gasteiger partial charge in [0.15, 0.2) is 0 Å². The SMILES string of the molecule is NC(=O)Nc1sc(-c2ccc(CN3CCCC3)cc2)cc1-c1ccsc1C(N)=O. The number of likely N-dealkylation sites (tertiary alicyclic amines) is 1. The van der Waals surface area contributed by atoms with E-state index in [1.165, 1.54) is 54.2 Å². The third-order valence-electron chi connectivity index (χ3n) is 4.99. The lowest BCUT2D eigenvalue weighted by Crippen LogP contribution is -2.19. The Morgan fingerprint density at radius 3 is 2.41 bits per heavy atom. The third-order valence-corrected chi connectivity index (χ3v) is 7.02. The molecule has 3 amide bonds. The predicted octanol–water partition coefficient (Wildman–Crippen LogP) is 4.33. The van der Waals surface area contributed by atoms with Gasteiger partial charge in [-0.1, -0.05) is 24.3 Å². The largest absolute Gasteiger partial charge is 0.365 e. The molecule has 3 heterocycles. The molecule has 0 aliphatic carbocycles. The van der Waals surface area contributed by atoms with Crippen LogP contribution in [0.25, 0.3) is 21.6 Å². The first-order valence-electron chi connectivity index (χ1n) is 9.41. The average Bonchev–Trinajstić information content (AvgIpc) is 3.42. The van der Waals surface area contributed by atoms with Crippen molar-refractivity contribution < 1.29 is 9.59 Å². The second-order valence-electron chi connectivity index (χ2n) is 7.05. The summed E-state index contributed by atoms with van der Waals surface area (Å²) in [5, 5.41) is 5.10. The topological polar surface area (TPSA) is 101 Å². The van der Waals surface area contributed by atoms with Gasteiger partial charge in [0.2, 0.25) is 0 Å². The molecule has 3 aromatic rings. The van der Waals surface area contributed by atoms with Crippen molar-refractivity contribution in [3.8, 4) is 21.6 Å². The summed E-state index contributed by atoms with van der Waals surface area (Å²) in [6.07, 6.45) is 2.56. The van der Waals surface area contributed by atoms with E-state index in [1.54, 1.807) is 0 Å². The molecular weight excluding hydrogens is 404 g/mol. The van der Waals surface area contributed by atoms with Gasteiger partial charge in [0.1, 0.15) is 5.00 Å². The van der Waals surface area contributed by atoms with Crippen molar-refractivity contribution in [1.29, 1.82) is 0 Å². The van der Waals surface area contributed by atoms with Crippen LogP contribution in [0.15, 0.2) is 41.8 Å². The summed E-state index contributed by atoms with van der Waals surface area (Å²) in [6, 6.07) is 11.6. The molecule has 0 radical (unpaired) electrons. The summed E-state index contributed by atoms with van der Waals surface area (Å²) in [5.74, 6) is -0.487. The zero-order valence-corrected chi connectivity index (χ0v) is 17.4. The summed E-state index contributed by atoms with van der Waals surface area (Å²) in [4.78, 5) is 27.2. The first-order valence-corrected chi connectivity index (χ1v) is 11.1. The molecule has 1 aliphatic heterocycles. The fourth-order valence-corrected chi connectivity index (χ4v) is 5.47. The maximum absolute atomic E-state index is 11.8. The molecule has 29 heavy (non-hydrogen) atoms. The Labute approximate surface area is 177 Å². The molecule has 0 atom stereocenters. The molecule has 0 spiro atoms. The lowest BCUT2D eigenvalue weighted by Gasteiger charge is -2.14. The Morgan fingerprint density at radius 1 is 1.03 bits per heavy atom. The summed E-state index contributed by atoms with van der Waals surface area (Å²) in [7, 11) is 0. The third kappa shape index (κ3) is 4.34. The molecule has 1 saturated heterocycles. The van der Waals surface area contributed by atoms with Crippen molar-refractivity contribution >= 4 is 39.6 Å². The predicted molar refractivity (Wildman–Crippen MR) is 119 cm³/mol. The number of nitrogens with two attached hydrogens (primary N) is 2. The number of hydrogen-bond donors (Lipinski definition) is 3. The number of primary amides is 2. The number of carbonyl (C=O) groups is 2. The van der Waals surface area contributed by atoms with E-state index in [0.29, 0.717) is 15.4 Å². The zero-order chi connectivity index (χ0) is 20.4. The van der Waals surface area contributed by atoms with E-state index in [-0.39, 0.29) is 0 Å². The zero-order valence-electron chi connectivity index (χ0n) is 15.8. The van der Waals surface area contributed by atoms with Crippen molar-refractivity contribution in [1.82, 2.24) is 4.90 Å². The minimum Gasteiger partial charge on any atom is -0.365 e. The second kappa shape index (κ2) is 8.36. The van der Waals surface area contributed by atoms with E-state index in [1.807, 2.05) is 17.5 Å². The normalized spacial score (nSPS) is 14.2. The quantitative estimate of drug-likeness (QED) is 0.547. The molecule has 1 aliphatic rings. The number of nitrogens with zero attached hydrogens (tertiary/aromatic N) is 1. The van der Waals surface area contributed by atoms with Gasteiger partial charge in [-0.2, -0.15) is 0 Å². The molecule has 0 bridgehead atoms. The lowest BCUT2D eigenvalue weighted by molar-refractivity contribution is 0.100. The van der Waals surface area contributed by atoms with Gasteiger partial charge in [-0.05, 0) is 54.6 Å². The smallest absolute Gasteiger partial charge is 0.317 e. The van der Waals surface area contributed by atoms with Crippen molar-refractivity contribution in [3.05, 3.63) is 52.2 Å². The van der Waals surface area contributed by atoms with E-state index in [9.17, 15) is 9.59 Å². The van der Waals surface area contributed by atoms with E-state index in [2.05, 4.69) is 34.5 Å². The molecule has 8 heteroatoms. The number of nitrogens with one attached hydrogen (secondary N) is 1. The van der Waals surface area contributed by atoms with Gasteiger partial charge in [-0.15, -0.1) is 22.7 Å². The number of thiophene rings is 2. The van der Waals surface area contributed by atoms with Crippen LogP contribution in [0.5, 0.6) is 0 Å². The van der Waals surface area contributed by atoms with Crippen molar-refractivity contribution in [2.24, 2.45) is 11.5 Å². The monoisotopic (exact) mass is 426 g/mol. The van der Waals surface area contributed by atoms with Crippen molar-refractivity contribution in [3.63, 3.8) is 0 Å². The van der Waals surface area contributed by atoms with Gasteiger partial charge >= 0.3 is 6.03 Å². The fraction of sp³-hybridized carbons (Fsp3) is 0.238. The number of amides is 3. The molecule has 1 aromatic carbocycles. The van der Waals surface area contributed by atoms with Gasteiger partial charge in [0.25, 0.3) is 5.91 Å². The Bertz CT molecular complexity index is 1030. The lowest BCUT2D eigenvalue weighted by atomic mass is 10.1. The van der Waals surface area contributed by atoms with Gasteiger partial charge < -0.3 is 11.5 Å². The number of carbonyl (C=O) groups excluding carboxylic acids is 2. The standard InChI is InChI=1S/C21H22N4O2S2/c22-19(26)18-15(7-10-28-18)16-11-17(29-20(16)24-21(23)27)14-5-3-13(4-6-14)12-25-8-1-2-9-25/h3-7,10-11H,1-2,8-9,12H2,(H2,22,26)(H3,23,24,27). The van der Waals surface area contributed by atoms with E-state index in [4.69, 9.17) is 11.5 Å². The van der Waals surface area contributed by atoms with Gasteiger partial charge in [-0.3, -0.25) is 15.0 Å². The highest BCUT2D eigenvalue weighted by atomic mass is 32.1. The molecule has 5 N–H and O–H groups in total. The second-order valence-corrected chi connectivity index (χ2v) is 9.02. The van der Waals surface area contributed by atoms with Crippen LogP contribution in [-0.2, 0) is 6.54 Å². The Balaban J connectivity index is 1.65. The number of anilines is 1. The number of urea groups is 1. The summed E-state index contributed by atoms with van der Waals surface area (Å²) >= 11 is 2.71. The highest BCUT2D eigenvalue weighted by Gasteiger charge is 2.19. The van der Waals surface area contributed by atoms with Crippen molar-refractivity contribution in [2.45, 2.75) is 19.4 Å². The maximum atomic E-state index is 11.8. The summed E-state index contributed by atoms with van der Waals surface area (Å²) in [5.41, 5.74) is 14.7. The Morgan fingerprint density at radius 2 is 1.76 bits per heavy atom. The molecule has 1 fully saturated rings. The van der Waals surface area contributed by atoms with E-state index < -0.39 is 11.9 Å². The Hall–Kier alpha value is -2.68. The maximum Gasteiger partial charge on any atom is 0.317 e. The van der Waals surface area contributed by atoms with E-state index in [0.717, 1.165) is 22.5 Å². The summed E-state index contributed by atoms with van der Waals surface area (Å²) < 4.78 is 0. The van der Waals surface area contributed by atoms with Crippen LogP contribution >= 0.6 is 22.7 Å². The van der Waals surface area contributed by atoms with Crippen LogP contribution in [0.1, 0.15) is 28.1 Å². The summed E-state index contributed by atoms with van der Waals surface area (Å²) in [6.45, 7) is 3.31. The van der Waals surface area contributed by atoms with Crippen LogP contribution < -0.4 is 16.8 Å². The first-order chi connectivity index (χ1) is 14.0. The minimum atomic E-state index is -0.642. The number of benzene rings is 1. The highest BCUT2D eigenvalue weighted by molar-refractivity contribution is 7.20. The minimum absolute atomic E-state index is 0.461. The molecular formula is C21H22N4O2S2. The Kier molecular flexibility index (Phi) is 5.66. The molecule has 2 aromatic heterocycles.